The van der Waals surface area contributed by atoms with Crippen molar-refractivity contribution < 1.29 is 4.74 Å². The van der Waals surface area contributed by atoms with Crippen molar-refractivity contribution in [2.75, 3.05) is 0 Å². The normalized spacial score (nSPS) is 11.6. The molecule has 15 heavy (non-hydrogen) atoms. The maximum Gasteiger partial charge on any atom is 0.156 e. The van der Waals surface area contributed by atoms with Crippen LogP contribution in [-0.4, -0.2) is 11.1 Å². The molecule has 1 rings (SSSR count). The zero-order chi connectivity index (χ0) is 11.4. The van der Waals surface area contributed by atoms with Gasteiger partial charge in [-0.1, -0.05) is 12.5 Å². The number of nitrogens with zero attached hydrogens (tertiary/aromatic N) is 1. The first-order chi connectivity index (χ1) is 7.04. The van der Waals surface area contributed by atoms with Crippen molar-refractivity contribution in [3.05, 3.63) is 24.5 Å². The fourth-order valence-electron chi connectivity index (χ4n) is 1.07. The van der Waals surface area contributed by atoms with E-state index in [2.05, 4.69) is 30.1 Å². The van der Waals surface area contributed by atoms with Gasteiger partial charge in [0.1, 0.15) is 5.75 Å². The number of allylic oxidation sites excluding steroid dienone is 1. The maximum absolute atomic E-state index is 5.40. The molecule has 0 saturated heterocycles. The molecule has 1 unspecified atom stereocenters. The minimum absolute atomic E-state index is 0.268. The second-order valence-electron chi connectivity index (χ2n) is 3.25. The molecular formula is C12H13NOS. The SMILES string of the molecule is C#CC(C)Oc1cnc(C(=C)C)c(S)c1. The van der Waals surface area contributed by atoms with Gasteiger partial charge >= 0.3 is 0 Å². The molecule has 1 atom stereocenters. The first-order valence-corrected chi connectivity index (χ1v) is 4.97. The van der Waals surface area contributed by atoms with Gasteiger partial charge in [-0.2, -0.15) is 0 Å². The molecule has 2 nitrogen and oxygen atoms in total. The van der Waals surface area contributed by atoms with Crippen LogP contribution in [0.4, 0.5) is 0 Å². The Morgan fingerprint density at radius 2 is 2.40 bits per heavy atom. The number of hydrogen-bond donors (Lipinski definition) is 1. The van der Waals surface area contributed by atoms with E-state index in [4.69, 9.17) is 11.2 Å². The number of rotatable bonds is 3. The minimum atomic E-state index is -0.268. The molecular weight excluding hydrogens is 206 g/mol. The van der Waals surface area contributed by atoms with Gasteiger partial charge in [0.05, 0.1) is 11.9 Å². The number of thiol groups is 1. The average molecular weight is 219 g/mol. The first-order valence-electron chi connectivity index (χ1n) is 4.52. The molecule has 0 aromatic carbocycles. The molecule has 0 N–H and O–H groups in total. The lowest BCUT2D eigenvalue weighted by atomic mass is 10.2. The molecule has 0 aliphatic rings. The smallest absolute Gasteiger partial charge is 0.156 e. The van der Waals surface area contributed by atoms with Gasteiger partial charge in [-0.3, -0.25) is 4.98 Å². The third-order valence-electron chi connectivity index (χ3n) is 1.79. The van der Waals surface area contributed by atoms with Crippen LogP contribution in [0, 0.1) is 12.3 Å². The molecule has 0 fully saturated rings. The van der Waals surface area contributed by atoms with Gasteiger partial charge in [-0.25, -0.2) is 0 Å². The highest BCUT2D eigenvalue weighted by Gasteiger charge is 2.05. The van der Waals surface area contributed by atoms with Crippen molar-refractivity contribution in [2.45, 2.75) is 24.8 Å². The second-order valence-corrected chi connectivity index (χ2v) is 3.73. The summed E-state index contributed by atoms with van der Waals surface area (Å²) in [6.45, 7) is 7.49. The van der Waals surface area contributed by atoms with Crippen LogP contribution in [-0.2, 0) is 0 Å². The van der Waals surface area contributed by atoms with E-state index in [1.807, 2.05) is 6.92 Å². The van der Waals surface area contributed by atoms with Crippen LogP contribution in [0.25, 0.3) is 5.57 Å². The topological polar surface area (TPSA) is 22.1 Å². The summed E-state index contributed by atoms with van der Waals surface area (Å²) in [7, 11) is 0. The minimum Gasteiger partial charge on any atom is -0.476 e. The molecule has 1 heterocycles. The standard InChI is InChI=1S/C12H13NOS/c1-5-9(4)14-10-6-11(15)12(8(2)3)13-7-10/h1,6-7,9,15H,2H2,3-4H3. The Balaban J connectivity index is 2.93. The van der Waals surface area contributed by atoms with Gasteiger partial charge in [0.15, 0.2) is 6.10 Å². The molecule has 3 heteroatoms. The van der Waals surface area contributed by atoms with Gasteiger partial charge in [-0.15, -0.1) is 19.1 Å². The third kappa shape index (κ3) is 3.03. The zero-order valence-corrected chi connectivity index (χ0v) is 9.71. The largest absolute Gasteiger partial charge is 0.476 e. The van der Waals surface area contributed by atoms with Crippen molar-refractivity contribution in [3.63, 3.8) is 0 Å². The third-order valence-corrected chi connectivity index (χ3v) is 2.14. The van der Waals surface area contributed by atoms with Crippen LogP contribution in [0.3, 0.4) is 0 Å². The lowest BCUT2D eigenvalue weighted by Crippen LogP contribution is -2.08. The Morgan fingerprint density at radius 3 is 2.87 bits per heavy atom. The van der Waals surface area contributed by atoms with E-state index in [0.29, 0.717) is 5.75 Å². The molecule has 0 bridgehead atoms. The lowest BCUT2D eigenvalue weighted by molar-refractivity contribution is 0.277. The van der Waals surface area contributed by atoms with Crippen LogP contribution in [0.15, 0.2) is 23.7 Å². The molecule has 0 aliphatic heterocycles. The van der Waals surface area contributed by atoms with Crippen molar-refractivity contribution in [1.29, 1.82) is 0 Å². The van der Waals surface area contributed by atoms with E-state index in [-0.39, 0.29) is 6.10 Å². The predicted octanol–water partition coefficient (Wildman–Crippen LogP) is 2.80. The molecule has 1 aromatic heterocycles. The summed E-state index contributed by atoms with van der Waals surface area (Å²) in [6.07, 6.45) is 6.56. The number of ether oxygens (including phenoxy) is 1. The second kappa shape index (κ2) is 4.90. The summed E-state index contributed by atoms with van der Waals surface area (Å²) < 4.78 is 5.40. The summed E-state index contributed by atoms with van der Waals surface area (Å²) >= 11 is 4.30. The summed E-state index contributed by atoms with van der Waals surface area (Å²) in [5.41, 5.74) is 1.65. The molecule has 0 amide bonds. The lowest BCUT2D eigenvalue weighted by Gasteiger charge is -2.10. The number of hydrogen-bond acceptors (Lipinski definition) is 3. The highest BCUT2D eigenvalue weighted by atomic mass is 32.1. The van der Waals surface area contributed by atoms with Crippen molar-refractivity contribution >= 4 is 18.2 Å². The number of pyridine rings is 1. The highest BCUT2D eigenvalue weighted by Crippen LogP contribution is 2.23. The monoisotopic (exact) mass is 219 g/mol. The molecule has 78 valence electrons. The van der Waals surface area contributed by atoms with Gasteiger partial charge < -0.3 is 4.74 Å². The van der Waals surface area contributed by atoms with Crippen molar-refractivity contribution in [1.82, 2.24) is 4.98 Å². The van der Waals surface area contributed by atoms with Crippen LogP contribution in [0.1, 0.15) is 19.5 Å². The quantitative estimate of drug-likeness (QED) is 0.623. The molecule has 0 aliphatic carbocycles. The Morgan fingerprint density at radius 1 is 1.73 bits per heavy atom. The van der Waals surface area contributed by atoms with Crippen molar-refractivity contribution in [3.8, 4) is 18.1 Å². The van der Waals surface area contributed by atoms with E-state index in [0.717, 1.165) is 16.2 Å². The molecule has 0 saturated carbocycles. The van der Waals surface area contributed by atoms with Crippen LogP contribution >= 0.6 is 12.6 Å². The van der Waals surface area contributed by atoms with Crippen LogP contribution < -0.4 is 4.74 Å². The summed E-state index contributed by atoms with van der Waals surface area (Å²) in [4.78, 5) is 4.94. The Labute approximate surface area is 95.8 Å². The van der Waals surface area contributed by atoms with Crippen LogP contribution in [0.5, 0.6) is 5.75 Å². The van der Waals surface area contributed by atoms with E-state index in [1.54, 1.807) is 19.2 Å². The first kappa shape index (κ1) is 11.7. The van der Waals surface area contributed by atoms with Gasteiger partial charge in [0.25, 0.3) is 0 Å². The predicted molar refractivity (Wildman–Crippen MR) is 65.1 cm³/mol. The van der Waals surface area contributed by atoms with E-state index in [1.165, 1.54) is 0 Å². The van der Waals surface area contributed by atoms with E-state index in [9.17, 15) is 0 Å². The Bertz CT molecular complexity index is 420. The van der Waals surface area contributed by atoms with Crippen molar-refractivity contribution in [2.24, 2.45) is 0 Å². The molecule has 0 spiro atoms. The fourth-order valence-corrected chi connectivity index (χ4v) is 1.44. The van der Waals surface area contributed by atoms with Gasteiger partial charge in [0, 0.05) is 4.90 Å². The van der Waals surface area contributed by atoms with E-state index < -0.39 is 0 Å². The number of terminal acetylenes is 1. The average Bonchev–Trinajstić information content (AvgIpc) is 2.17. The van der Waals surface area contributed by atoms with E-state index >= 15 is 0 Å². The fraction of sp³-hybridized carbons (Fsp3) is 0.250. The molecule has 1 aromatic rings. The zero-order valence-electron chi connectivity index (χ0n) is 8.82. The van der Waals surface area contributed by atoms with Crippen LogP contribution in [0.2, 0.25) is 0 Å². The summed E-state index contributed by atoms with van der Waals surface area (Å²) in [5.74, 6) is 3.10. The summed E-state index contributed by atoms with van der Waals surface area (Å²) in [5, 5.41) is 0. The summed E-state index contributed by atoms with van der Waals surface area (Å²) in [6, 6.07) is 1.79. The molecule has 0 radical (unpaired) electrons. The van der Waals surface area contributed by atoms with Gasteiger partial charge in [0.2, 0.25) is 0 Å². The maximum atomic E-state index is 5.40. The highest BCUT2D eigenvalue weighted by molar-refractivity contribution is 7.80. The number of aromatic nitrogens is 1. The Kier molecular flexibility index (Phi) is 3.81. The Hall–Kier alpha value is -1.40. The van der Waals surface area contributed by atoms with Gasteiger partial charge in [-0.05, 0) is 25.5 Å².